The minimum absolute atomic E-state index is 0.180. The summed E-state index contributed by atoms with van der Waals surface area (Å²) in [5.41, 5.74) is 2.63. The van der Waals surface area contributed by atoms with Crippen molar-refractivity contribution >= 4 is 38.4 Å². The maximum atomic E-state index is 12.5. The molecular weight excluding hydrogens is 446 g/mol. The summed E-state index contributed by atoms with van der Waals surface area (Å²) in [6, 6.07) is 20.0. The summed E-state index contributed by atoms with van der Waals surface area (Å²) in [6.45, 7) is 1.74. The van der Waals surface area contributed by atoms with Crippen LogP contribution in [0.4, 0.5) is 5.69 Å². The van der Waals surface area contributed by atoms with Gasteiger partial charge in [-0.2, -0.15) is 0 Å². The Morgan fingerprint density at radius 2 is 1.87 bits per heavy atom. The van der Waals surface area contributed by atoms with Crippen LogP contribution in [0.1, 0.15) is 5.56 Å². The van der Waals surface area contributed by atoms with E-state index in [0.29, 0.717) is 28.0 Å². The van der Waals surface area contributed by atoms with Gasteiger partial charge in [-0.25, -0.2) is 4.98 Å². The van der Waals surface area contributed by atoms with Crippen molar-refractivity contribution in [1.82, 2.24) is 9.97 Å². The lowest BCUT2D eigenvalue weighted by Crippen LogP contribution is -2.21. The molecular formula is C23H18BrN3O3. The number of anilines is 1. The van der Waals surface area contributed by atoms with Gasteiger partial charge in [-0.1, -0.05) is 46.3 Å². The predicted molar refractivity (Wildman–Crippen MR) is 121 cm³/mol. The molecule has 0 radical (unpaired) electrons. The molecule has 1 heterocycles. The number of aromatic amines is 1. The lowest BCUT2D eigenvalue weighted by Gasteiger charge is -2.13. The van der Waals surface area contributed by atoms with Crippen LogP contribution >= 0.6 is 15.9 Å². The number of hydrogen-bond donors (Lipinski definition) is 2. The van der Waals surface area contributed by atoms with Crippen molar-refractivity contribution < 1.29 is 9.53 Å². The number of benzene rings is 3. The van der Waals surface area contributed by atoms with E-state index in [4.69, 9.17) is 4.74 Å². The quantitative estimate of drug-likeness (QED) is 0.450. The fraction of sp³-hybridized carbons (Fsp3) is 0.0870. The van der Waals surface area contributed by atoms with Crippen molar-refractivity contribution in [2.75, 3.05) is 11.9 Å². The minimum Gasteiger partial charge on any atom is -0.483 e. The molecule has 6 nitrogen and oxygen atoms in total. The molecule has 0 saturated heterocycles. The summed E-state index contributed by atoms with van der Waals surface area (Å²) in [5.74, 6) is 0.531. The average Bonchev–Trinajstić information content (AvgIpc) is 2.74. The fourth-order valence-electron chi connectivity index (χ4n) is 3.07. The third kappa shape index (κ3) is 4.26. The van der Waals surface area contributed by atoms with E-state index in [-0.39, 0.29) is 18.1 Å². The normalized spacial score (nSPS) is 10.7. The molecule has 0 aliphatic carbocycles. The number of ether oxygens (including phenoxy) is 1. The fourth-order valence-corrected chi connectivity index (χ4v) is 3.43. The van der Waals surface area contributed by atoms with Gasteiger partial charge in [0.15, 0.2) is 6.61 Å². The summed E-state index contributed by atoms with van der Waals surface area (Å²) in [6.07, 6.45) is 0. The van der Waals surface area contributed by atoms with Crippen LogP contribution in [0.3, 0.4) is 0 Å². The number of nitrogens with zero attached hydrogens (tertiary/aromatic N) is 1. The standard InChI is InChI=1S/C23H18BrN3O3/c1-14-6-2-4-8-18(14)25-21(28)13-30-20-11-10-15(24)12-17(20)22-26-19-9-5-3-7-16(19)23(29)27-22/h2-12H,13H2,1H3,(H,25,28)(H,26,27,29). The van der Waals surface area contributed by atoms with Crippen LogP contribution in [-0.2, 0) is 4.79 Å². The van der Waals surface area contributed by atoms with E-state index >= 15 is 0 Å². The number of carbonyl (C=O) groups excluding carboxylic acids is 1. The van der Waals surface area contributed by atoms with Gasteiger partial charge in [0.2, 0.25) is 0 Å². The van der Waals surface area contributed by atoms with Gasteiger partial charge < -0.3 is 15.0 Å². The van der Waals surface area contributed by atoms with Gasteiger partial charge in [-0.3, -0.25) is 9.59 Å². The molecule has 4 aromatic rings. The van der Waals surface area contributed by atoms with Gasteiger partial charge in [0.05, 0.1) is 16.5 Å². The molecule has 0 spiro atoms. The number of H-pyrrole nitrogens is 1. The van der Waals surface area contributed by atoms with Crippen LogP contribution < -0.4 is 15.6 Å². The molecule has 0 fully saturated rings. The molecule has 1 aromatic heterocycles. The van der Waals surface area contributed by atoms with E-state index in [1.165, 1.54) is 0 Å². The highest BCUT2D eigenvalue weighted by atomic mass is 79.9. The molecule has 0 aliphatic rings. The molecule has 4 rings (SSSR count). The third-order valence-corrected chi connectivity index (χ3v) is 5.08. The maximum absolute atomic E-state index is 12.5. The van der Waals surface area contributed by atoms with Crippen molar-refractivity contribution in [1.29, 1.82) is 0 Å². The molecule has 30 heavy (non-hydrogen) atoms. The van der Waals surface area contributed by atoms with E-state index in [2.05, 4.69) is 31.2 Å². The zero-order valence-corrected chi connectivity index (χ0v) is 17.7. The molecule has 0 unspecified atom stereocenters. The summed E-state index contributed by atoms with van der Waals surface area (Å²) < 4.78 is 6.57. The number of carbonyl (C=O) groups is 1. The van der Waals surface area contributed by atoms with Crippen LogP contribution in [0.15, 0.2) is 76.0 Å². The monoisotopic (exact) mass is 463 g/mol. The Hall–Kier alpha value is -3.45. The number of nitrogens with one attached hydrogen (secondary N) is 2. The second-order valence-electron chi connectivity index (χ2n) is 6.72. The van der Waals surface area contributed by atoms with Gasteiger partial charge in [-0.05, 0) is 48.9 Å². The van der Waals surface area contributed by atoms with Gasteiger partial charge >= 0.3 is 0 Å². The van der Waals surface area contributed by atoms with Crippen molar-refractivity contribution in [2.24, 2.45) is 0 Å². The first kappa shape index (κ1) is 19.8. The molecule has 1 amide bonds. The SMILES string of the molecule is Cc1ccccc1NC(=O)COc1ccc(Br)cc1-c1nc2ccccc2c(=O)[nH]1. The van der Waals surface area contributed by atoms with E-state index in [0.717, 1.165) is 15.7 Å². The highest BCUT2D eigenvalue weighted by Crippen LogP contribution is 2.31. The summed E-state index contributed by atoms with van der Waals surface area (Å²) in [4.78, 5) is 32.2. The molecule has 0 atom stereocenters. The van der Waals surface area contributed by atoms with Crippen molar-refractivity contribution in [3.05, 3.63) is 87.1 Å². The van der Waals surface area contributed by atoms with Gasteiger partial charge in [0, 0.05) is 10.2 Å². The van der Waals surface area contributed by atoms with Crippen LogP contribution in [0.5, 0.6) is 5.75 Å². The second-order valence-corrected chi connectivity index (χ2v) is 7.64. The summed E-state index contributed by atoms with van der Waals surface area (Å²) in [7, 11) is 0. The van der Waals surface area contributed by atoms with Crippen LogP contribution in [-0.4, -0.2) is 22.5 Å². The number of hydrogen-bond acceptors (Lipinski definition) is 4. The Morgan fingerprint density at radius 3 is 2.70 bits per heavy atom. The topological polar surface area (TPSA) is 84.1 Å². The molecule has 0 bridgehead atoms. The number of aryl methyl sites for hydroxylation is 1. The number of fused-ring (bicyclic) bond motifs is 1. The molecule has 7 heteroatoms. The zero-order valence-electron chi connectivity index (χ0n) is 16.1. The Balaban J connectivity index is 1.61. The first-order valence-corrected chi connectivity index (χ1v) is 10.1. The first-order chi connectivity index (χ1) is 14.5. The lowest BCUT2D eigenvalue weighted by atomic mass is 10.1. The predicted octanol–water partition coefficient (Wildman–Crippen LogP) is 4.68. The Kier molecular flexibility index (Phi) is 5.63. The van der Waals surface area contributed by atoms with Crippen molar-refractivity contribution in [3.63, 3.8) is 0 Å². The van der Waals surface area contributed by atoms with Crippen molar-refractivity contribution in [3.8, 4) is 17.1 Å². The number of amides is 1. The molecule has 0 aliphatic heterocycles. The molecule has 150 valence electrons. The Morgan fingerprint density at radius 1 is 1.10 bits per heavy atom. The number of rotatable bonds is 5. The Bertz CT molecular complexity index is 1300. The van der Waals surface area contributed by atoms with E-state index in [1.807, 2.05) is 37.3 Å². The highest BCUT2D eigenvalue weighted by Gasteiger charge is 2.14. The van der Waals surface area contributed by atoms with Crippen LogP contribution in [0, 0.1) is 6.92 Å². The lowest BCUT2D eigenvalue weighted by molar-refractivity contribution is -0.118. The number of aromatic nitrogens is 2. The van der Waals surface area contributed by atoms with Crippen LogP contribution in [0.25, 0.3) is 22.3 Å². The largest absolute Gasteiger partial charge is 0.483 e. The highest BCUT2D eigenvalue weighted by molar-refractivity contribution is 9.10. The third-order valence-electron chi connectivity index (χ3n) is 4.59. The van der Waals surface area contributed by atoms with Gasteiger partial charge in [0.1, 0.15) is 11.6 Å². The minimum atomic E-state index is -0.280. The summed E-state index contributed by atoms with van der Waals surface area (Å²) >= 11 is 3.44. The van der Waals surface area contributed by atoms with Gasteiger partial charge in [-0.15, -0.1) is 0 Å². The van der Waals surface area contributed by atoms with E-state index in [1.54, 1.807) is 36.4 Å². The molecule has 3 aromatic carbocycles. The zero-order chi connectivity index (χ0) is 21.1. The van der Waals surface area contributed by atoms with Crippen molar-refractivity contribution in [2.45, 2.75) is 6.92 Å². The molecule has 2 N–H and O–H groups in total. The van der Waals surface area contributed by atoms with Crippen LogP contribution in [0.2, 0.25) is 0 Å². The Labute approximate surface area is 181 Å². The maximum Gasteiger partial charge on any atom is 0.262 e. The number of para-hydroxylation sites is 2. The second kappa shape index (κ2) is 8.51. The number of halogens is 1. The van der Waals surface area contributed by atoms with Gasteiger partial charge in [0.25, 0.3) is 11.5 Å². The first-order valence-electron chi connectivity index (χ1n) is 9.28. The summed E-state index contributed by atoms with van der Waals surface area (Å²) in [5, 5.41) is 3.35. The molecule has 0 saturated carbocycles. The smallest absolute Gasteiger partial charge is 0.262 e. The average molecular weight is 464 g/mol. The van der Waals surface area contributed by atoms with E-state index < -0.39 is 0 Å². The van der Waals surface area contributed by atoms with E-state index in [9.17, 15) is 9.59 Å².